The Balaban J connectivity index is 3.95. The first-order valence-electron chi connectivity index (χ1n) is 36.9. The van der Waals surface area contributed by atoms with Gasteiger partial charge >= 0.3 is 11.9 Å². The maximum absolute atomic E-state index is 12.9. The van der Waals surface area contributed by atoms with Crippen LogP contribution in [0.15, 0.2) is 12.2 Å². The van der Waals surface area contributed by atoms with Crippen molar-refractivity contribution in [1.82, 2.24) is 0 Å². The summed E-state index contributed by atoms with van der Waals surface area (Å²) in [6, 6.07) is 0. The molecule has 494 valence electrons. The summed E-state index contributed by atoms with van der Waals surface area (Å²) in [5, 5.41) is 0. The van der Waals surface area contributed by atoms with Crippen molar-refractivity contribution in [3.8, 4) is 0 Å². The fourth-order valence-corrected chi connectivity index (χ4v) is 12.1. The second-order valence-electron chi connectivity index (χ2n) is 26.7. The minimum absolute atomic E-state index is 0.0258. The number of allylic oxidation sites excluding steroid dienone is 2. The van der Waals surface area contributed by atoms with Crippen LogP contribution in [0.1, 0.15) is 393 Å². The van der Waals surface area contributed by atoms with Crippen LogP contribution < -0.4 is 4.89 Å². The summed E-state index contributed by atoms with van der Waals surface area (Å²) in [7, 11) is 1.19. The number of likely N-dealkylation sites (N-methyl/N-ethyl adjacent to an activating group) is 1. The standard InChI is InChI=1S/C73H144NO8P/c1-6-8-10-12-14-16-18-20-22-24-26-28-30-32-34-36-37-38-40-42-44-46-48-50-52-54-56-58-60-62-64-66-73(76)82-71(70-81-83(77,78)80-68-67-74(3,4)5)69-79-72(75)65-63-61-59-57-55-53-51-49-47-45-43-41-39-35-33-31-29-27-25-23-21-19-17-15-13-11-9-7-2/h24,26,71H,6-23,25,27-70H2,1-5H3/b26-24-. The van der Waals surface area contributed by atoms with Crippen LogP contribution in [0.3, 0.4) is 0 Å². The van der Waals surface area contributed by atoms with E-state index in [9.17, 15) is 19.0 Å². The second kappa shape index (κ2) is 65.2. The molecular formula is C73H144NO8P. The number of carbonyl (C=O) groups excluding carboxylic acids is 2. The predicted octanol–water partition coefficient (Wildman–Crippen LogP) is 23.3. The van der Waals surface area contributed by atoms with E-state index in [0.29, 0.717) is 17.4 Å². The smallest absolute Gasteiger partial charge is 0.306 e. The molecule has 0 aliphatic rings. The van der Waals surface area contributed by atoms with Gasteiger partial charge in [0.1, 0.15) is 19.8 Å². The van der Waals surface area contributed by atoms with E-state index in [1.165, 1.54) is 327 Å². The Morgan fingerprint density at radius 1 is 0.361 bits per heavy atom. The highest BCUT2D eigenvalue weighted by atomic mass is 31.2. The van der Waals surface area contributed by atoms with Crippen LogP contribution in [0.4, 0.5) is 0 Å². The third-order valence-corrected chi connectivity index (χ3v) is 18.0. The molecule has 0 amide bonds. The lowest BCUT2D eigenvalue weighted by Crippen LogP contribution is -2.37. The molecule has 0 aliphatic carbocycles. The van der Waals surface area contributed by atoms with E-state index < -0.39 is 26.5 Å². The lowest BCUT2D eigenvalue weighted by atomic mass is 10.0. The number of phosphoric ester groups is 1. The maximum atomic E-state index is 12.9. The van der Waals surface area contributed by atoms with Crippen LogP contribution in [0.25, 0.3) is 0 Å². The fraction of sp³-hybridized carbons (Fsp3) is 0.945. The average Bonchev–Trinajstić information content (AvgIpc) is 3.49. The molecule has 9 nitrogen and oxygen atoms in total. The van der Waals surface area contributed by atoms with Crippen molar-refractivity contribution in [2.45, 2.75) is 399 Å². The molecule has 0 N–H and O–H groups in total. The zero-order valence-corrected chi connectivity index (χ0v) is 57.3. The van der Waals surface area contributed by atoms with Gasteiger partial charge in [0.2, 0.25) is 0 Å². The number of nitrogens with zero attached hydrogens (tertiary/aromatic N) is 1. The third kappa shape index (κ3) is 69.7. The number of esters is 2. The number of rotatable bonds is 70. The summed E-state index contributed by atoms with van der Waals surface area (Å²) < 4.78 is 34.4. The van der Waals surface area contributed by atoms with Gasteiger partial charge in [-0.3, -0.25) is 14.2 Å². The summed E-state index contributed by atoms with van der Waals surface area (Å²) in [5.41, 5.74) is 0. The number of hydrogen-bond acceptors (Lipinski definition) is 8. The topological polar surface area (TPSA) is 111 Å². The maximum Gasteiger partial charge on any atom is 0.306 e. The number of unbranched alkanes of at least 4 members (excludes halogenated alkanes) is 54. The summed E-state index contributed by atoms with van der Waals surface area (Å²) in [6.45, 7) is 4.33. The summed E-state index contributed by atoms with van der Waals surface area (Å²) >= 11 is 0. The highest BCUT2D eigenvalue weighted by Gasteiger charge is 2.22. The van der Waals surface area contributed by atoms with Crippen LogP contribution in [-0.4, -0.2) is 70.0 Å². The van der Waals surface area contributed by atoms with Gasteiger partial charge < -0.3 is 27.9 Å². The normalized spacial score (nSPS) is 13.1. The van der Waals surface area contributed by atoms with Crippen LogP contribution in [0, 0.1) is 0 Å². The van der Waals surface area contributed by atoms with E-state index in [2.05, 4.69) is 26.0 Å². The molecule has 10 heteroatoms. The molecule has 0 spiro atoms. The summed E-state index contributed by atoms with van der Waals surface area (Å²) in [5.74, 6) is -0.805. The fourth-order valence-electron chi connectivity index (χ4n) is 11.4. The van der Waals surface area contributed by atoms with Crippen molar-refractivity contribution in [2.75, 3.05) is 47.5 Å². The van der Waals surface area contributed by atoms with Gasteiger partial charge in [0.05, 0.1) is 27.7 Å². The van der Waals surface area contributed by atoms with Crippen molar-refractivity contribution < 1.29 is 42.1 Å². The van der Waals surface area contributed by atoms with Gasteiger partial charge in [-0.2, -0.15) is 0 Å². The second-order valence-corrected chi connectivity index (χ2v) is 28.1. The Kier molecular flexibility index (Phi) is 64.2. The van der Waals surface area contributed by atoms with E-state index >= 15 is 0 Å². The Bertz CT molecular complexity index is 1400. The minimum atomic E-state index is -4.64. The van der Waals surface area contributed by atoms with E-state index in [1.807, 2.05) is 21.1 Å². The molecule has 83 heavy (non-hydrogen) atoms. The quantitative estimate of drug-likeness (QED) is 0.0195. The third-order valence-electron chi connectivity index (χ3n) is 17.0. The van der Waals surface area contributed by atoms with Crippen LogP contribution >= 0.6 is 7.82 Å². The van der Waals surface area contributed by atoms with Crippen molar-refractivity contribution in [3.63, 3.8) is 0 Å². The number of carbonyl (C=O) groups is 2. The lowest BCUT2D eigenvalue weighted by Gasteiger charge is -2.28. The van der Waals surface area contributed by atoms with Crippen molar-refractivity contribution in [1.29, 1.82) is 0 Å². The van der Waals surface area contributed by atoms with Gasteiger partial charge in [0.15, 0.2) is 6.10 Å². The molecule has 0 heterocycles. The molecule has 0 bridgehead atoms. The van der Waals surface area contributed by atoms with Crippen LogP contribution in [0.5, 0.6) is 0 Å². The molecule has 0 aromatic carbocycles. The molecule has 0 aromatic heterocycles. The van der Waals surface area contributed by atoms with E-state index in [-0.39, 0.29) is 32.0 Å². The number of ether oxygens (including phenoxy) is 2. The first kappa shape index (κ1) is 81.8. The Morgan fingerprint density at radius 2 is 0.614 bits per heavy atom. The van der Waals surface area contributed by atoms with Crippen LogP contribution in [0.2, 0.25) is 0 Å². The Morgan fingerprint density at radius 3 is 0.892 bits per heavy atom. The number of quaternary nitrogens is 1. The van der Waals surface area contributed by atoms with Gasteiger partial charge in [-0.25, -0.2) is 0 Å². The summed E-state index contributed by atoms with van der Waals surface area (Å²) in [4.78, 5) is 38.1. The van der Waals surface area contributed by atoms with Gasteiger partial charge in [-0.05, 0) is 38.5 Å². The van der Waals surface area contributed by atoms with Crippen molar-refractivity contribution in [3.05, 3.63) is 12.2 Å². The summed E-state index contributed by atoms with van der Waals surface area (Å²) in [6.07, 6.45) is 80.3. The molecule has 0 aromatic rings. The zero-order valence-electron chi connectivity index (χ0n) is 56.4. The monoisotopic (exact) mass is 1190 g/mol. The minimum Gasteiger partial charge on any atom is -0.756 e. The molecule has 0 saturated heterocycles. The van der Waals surface area contributed by atoms with Gasteiger partial charge in [-0.15, -0.1) is 0 Å². The molecule has 0 radical (unpaired) electrons. The Hall–Kier alpha value is -1.25. The molecule has 0 rings (SSSR count). The molecule has 0 fully saturated rings. The molecule has 0 saturated carbocycles. The largest absolute Gasteiger partial charge is 0.756 e. The molecule has 0 aliphatic heterocycles. The van der Waals surface area contributed by atoms with Crippen molar-refractivity contribution >= 4 is 19.8 Å². The van der Waals surface area contributed by atoms with Gasteiger partial charge in [0.25, 0.3) is 7.82 Å². The number of phosphoric acid groups is 1. The predicted molar refractivity (Wildman–Crippen MR) is 356 cm³/mol. The van der Waals surface area contributed by atoms with Gasteiger partial charge in [0, 0.05) is 12.8 Å². The Labute approximate surface area is 517 Å². The van der Waals surface area contributed by atoms with E-state index in [0.717, 1.165) is 32.1 Å². The average molecular weight is 1190 g/mol. The first-order chi connectivity index (χ1) is 40.5. The lowest BCUT2D eigenvalue weighted by molar-refractivity contribution is -0.870. The molecule has 2 atom stereocenters. The number of hydrogen-bond donors (Lipinski definition) is 0. The van der Waals surface area contributed by atoms with Crippen molar-refractivity contribution in [2.24, 2.45) is 0 Å². The molecule has 2 unspecified atom stereocenters. The first-order valence-corrected chi connectivity index (χ1v) is 38.4. The zero-order chi connectivity index (χ0) is 60.5. The highest BCUT2D eigenvalue weighted by Crippen LogP contribution is 2.38. The molecular weight excluding hydrogens is 1050 g/mol. The van der Waals surface area contributed by atoms with E-state index in [4.69, 9.17) is 18.5 Å². The SMILES string of the molecule is CCCCCCCCCC/C=C\CCCCCCCCCCCCCCCCCCCCCC(=O)OC(COC(=O)CCCCCCCCCCCCCCCCCCCCCCCCCCCCCC)COP(=O)([O-])OCC[N+](C)(C)C. The van der Waals surface area contributed by atoms with E-state index in [1.54, 1.807) is 0 Å². The van der Waals surface area contributed by atoms with Gasteiger partial charge in [-0.1, -0.05) is 353 Å². The highest BCUT2D eigenvalue weighted by molar-refractivity contribution is 7.45. The van der Waals surface area contributed by atoms with Crippen LogP contribution in [-0.2, 0) is 32.7 Å².